The van der Waals surface area contributed by atoms with Crippen molar-refractivity contribution in [2.45, 2.75) is 6.54 Å². The van der Waals surface area contributed by atoms with Gasteiger partial charge in [0.15, 0.2) is 0 Å². The molecule has 0 saturated carbocycles. The molecule has 1 aromatic heterocycles. The Morgan fingerprint density at radius 1 is 1.52 bits per heavy atom. The van der Waals surface area contributed by atoms with Crippen LogP contribution in [0.5, 0.6) is 5.75 Å². The van der Waals surface area contributed by atoms with Crippen molar-refractivity contribution in [3.8, 4) is 5.75 Å². The van der Waals surface area contributed by atoms with E-state index in [1.165, 1.54) is 11.2 Å². The summed E-state index contributed by atoms with van der Waals surface area (Å²) in [5.41, 5.74) is 6.32. The lowest BCUT2D eigenvalue weighted by Crippen LogP contribution is -2.31. The first-order chi connectivity index (χ1) is 10.1. The van der Waals surface area contributed by atoms with E-state index in [1.807, 2.05) is 0 Å². The molecule has 1 aromatic carbocycles. The van der Waals surface area contributed by atoms with E-state index in [4.69, 9.17) is 26.6 Å². The highest BCUT2D eigenvalue weighted by Crippen LogP contribution is 2.17. The molecule has 2 aromatic rings. The number of nitrogens with two attached hydrogens (primary N) is 1. The Hall–Kier alpha value is -2.05. The van der Waals surface area contributed by atoms with Gasteiger partial charge in [0.05, 0.1) is 6.54 Å². The summed E-state index contributed by atoms with van der Waals surface area (Å²) in [5, 5.41) is 4.29. The van der Waals surface area contributed by atoms with Crippen molar-refractivity contribution < 1.29 is 14.1 Å². The molecular formula is C14H16ClN3O3. The number of aromatic nitrogens is 1. The molecule has 1 heterocycles. The highest BCUT2D eigenvalue weighted by Gasteiger charge is 2.18. The molecule has 0 aliphatic carbocycles. The molecule has 0 aliphatic heterocycles. The van der Waals surface area contributed by atoms with Gasteiger partial charge in [0.2, 0.25) is 0 Å². The third-order valence-corrected chi connectivity index (χ3v) is 3.14. The topological polar surface area (TPSA) is 81.6 Å². The molecule has 6 nitrogen and oxygen atoms in total. The van der Waals surface area contributed by atoms with Gasteiger partial charge in [-0.15, -0.1) is 0 Å². The Kier molecular flexibility index (Phi) is 5.19. The van der Waals surface area contributed by atoms with Crippen LogP contribution in [0, 0.1) is 0 Å². The van der Waals surface area contributed by atoms with E-state index in [9.17, 15) is 4.79 Å². The molecule has 0 saturated heterocycles. The zero-order valence-corrected chi connectivity index (χ0v) is 12.3. The second-order valence-corrected chi connectivity index (χ2v) is 4.85. The molecule has 0 atom stereocenters. The summed E-state index contributed by atoms with van der Waals surface area (Å²) in [6.45, 7) is 0.927. The van der Waals surface area contributed by atoms with E-state index in [0.29, 0.717) is 35.2 Å². The maximum Gasteiger partial charge on any atom is 0.259 e. The first-order valence-corrected chi connectivity index (χ1v) is 6.76. The SMILES string of the molecule is CN(CCOc1cccc(Cl)c1)C(=O)c1conc1CN. The molecule has 0 spiro atoms. The van der Waals surface area contributed by atoms with Gasteiger partial charge in [-0.1, -0.05) is 22.8 Å². The number of halogens is 1. The van der Waals surface area contributed by atoms with Crippen LogP contribution in [0.2, 0.25) is 5.02 Å². The quantitative estimate of drug-likeness (QED) is 0.882. The lowest BCUT2D eigenvalue weighted by molar-refractivity contribution is 0.0772. The standard InChI is InChI=1S/C14H16ClN3O3/c1-18(14(19)12-9-21-17-13(12)8-16)5-6-20-11-4-2-3-10(15)7-11/h2-4,7,9H,5-6,8,16H2,1H3. The van der Waals surface area contributed by atoms with Gasteiger partial charge in [-0.25, -0.2) is 0 Å². The van der Waals surface area contributed by atoms with Crippen LogP contribution in [0.15, 0.2) is 35.1 Å². The maximum atomic E-state index is 12.2. The van der Waals surface area contributed by atoms with Crippen molar-refractivity contribution in [1.29, 1.82) is 0 Å². The summed E-state index contributed by atoms with van der Waals surface area (Å²) < 4.78 is 10.3. The molecule has 7 heteroatoms. The average molecular weight is 310 g/mol. The normalized spacial score (nSPS) is 10.4. The van der Waals surface area contributed by atoms with E-state index in [-0.39, 0.29) is 12.5 Å². The Balaban J connectivity index is 1.87. The third-order valence-electron chi connectivity index (χ3n) is 2.91. The minimum atomic E-state index is -0.202. The third kappa shape index (κ3) is 3.96. The first-order valence-electron chi connectivity index (χ1n) is 6.39. The van der Waals surface area contributed by atoms with Crippen LogP contribution in [0.25, 0.3) is 0 Å². The van der Waals surface area contributed by atoms with Crippen molar-refractivity contribution in [2.75, 3.05) is 20.2 Å². The number of carbonyl (C=O) groups excluding carboxylic acids is 1. The first kappa shape index (κ1) is 15.3. The number of rotatable bonds is 6. The van der Waals surface area contributed by atoms with Gasteiger partial charge in [-0.2, -0.15) is 0 Å². The average Bonchev–Trinajstić information content (AvgIpc) is 2.94. The summed E-state index contributed by atoms with van der Waals surface area (Å²) in [6.07, 6.45) is 1.30. The van der Waals surface area contributed by atoms with Crippen LogP contribution >= 0.6 is 11.6 Å². The maximum absolute atomic E-state index is 12.2. The molecular weight excluding hydrogens is 294 g/mol. The Morgan fingerprint density at radius 2 is 2.33 bits per heavy atom. The van der Waals surface area contributed by atoms with Gasteiger partial charge < -0.3 is 19.9 Å². The summed E-state index contributed by atoms with van der Waals surface area (Å²) in [4.78, 5) is 13.7. The molecule has 21 heavy (non-hydrogen) atoms. The van der Waals surface area contributed by atoms with Gasteiger partial charge in [-0.3, -0.25) is 4.79 Å². The number of likely N-dealkylation sites (N-methyl/N-ethyl adjacent to an activating group) is 1. The van der Waals surface area contributed by atoms with Crippen molar-refractivity contribution in [3.05, 3.63) is 46.8 Å². The van der Waals surface area contributed by atoms with Crippen molar-refractivity contribution in [2.24, 2.45) is 5.73 Å². The van der Waals surface area contributed by atoms with Crippen molar-refractivity contribution >= 4 is 17.5 Å². The molecule has 0 fully saturated rings. The van der Waals surface area contributed by atoms with E-state index < -0.39 is 0 Å². The summed E-state index contributed by atoms with van der Waals surface area (Å²) in [5.74, 6) is 0.461. The van der Waals surface area contributed by atoms with Crippen LogP contribution in [0.1, 0.15) is 16.1 Å². The lowest BCUT2D eigenvalue weighted by atomic mass is 10.2. The molecule has 112 valence electrons. The predicted octanol–water partition coefficient (Wildman–Crippen LogP) is 1.94. The number of ether oxygens (including phenoxy) is 1. The minimum absolute atomic E-state index is 0.157. The van der Waals surface area contributed by atoms with E-state index in [0.717, 1.165) is 0 Å². The zero-order valence-electron chi connectivity index (χ0n) is 11.6. The number of hydrogen-bond donors (Lipinski definition) is 1. The van der Waals surface area contributed by atoms with Crippen LogP contribution in [0.3, 0.4) is 0 Å². The summed E-state index contributed by atoms with van der Waals surface area (Å²) in [7, 11) is 1.68. The highest BCUT2D eigenvalue weighted by atomic mass is 35.5. The van der Waals surface area contributed by atoms with E-state index in [2.05, 4.69) is 5.16 Å². The zero-order chi connectivity index (χ0) is 15.2. The fraction of sp³-hybridized carbons (Fsp3) is 0.286. The van der Waals surface area contributed by atoms with Gasteiger partial charge in [0.1, 0.15) is 29.9 Å². The van der Waals surface area contributed by atoms with Gasteiger partial charge >= 0.3 is 0 Å². The number of amides is 1. The Morgan fingerprint density at radius 3 is 3.05 bits per heavy atom. The van der Waals surface area contributed by atoms with Crippen LogP contribution in [-0.2, 0) is 6.54 Å². The second kappa shape index (κ2) is 7.10. The Labute approximate surface area is 127 Å². The second-order valence-electron chi connectivity index (χ2n) is 4.41. The molecule has 0 radical (unpaired) electrons. The number of carbonyl (C=O) groups is 1. The lowest BCUT2D eigenvalue weighted by Gasteiger charge is -2.17. The smallest absolute Gasteiger partial charge is 0.259 e. The largest absolute Gasteiger partial charge is 0.492 e. The number of benzene rings is 1. The summed E-state index contributed by atoms with van der Waals surface area (Å²) >= 11 is 5.86. The van der Waals surface area contributed by atoms with Crippen LogP contribution in [0.4, 0.5) is 0 Å². The Bertz CT molecular complexity index is 615. The summed E-state index contributed by atoms with van der Waals surface area (Å²) in [6, 6.07) is 7.09. The van der Waals surface area contributed by atoms with Gasteiger partial charge in [0, 0.05) is 18.6 Å². The molecule has 2 N–H and O–H groups in total. The molecule has 0 bridgehead atoms. The van der Waals surface area contributed by atoms with E-state index >= 15 is 0 Å². The monoisotopic (exact) mass is 309 g/mol. The fourth-order valence-corrected chi connectivity index (χ4v) is 1.93. The minimum Gasteiger partial charge on any atom is -0.492 e. The molecule has 2 rings (SSSR count). The molecule has 0 aliphatic rings. The van der Waals surface area contributed by atoms with Gasteiger partial charge in [-0.05, 0) is 18.2 Å². The van der Waals surface area contributed by atoms with Crippen molar-refractivity contribution in [3.63, 3.8) is 0 Å². The number of nitrogens with zero attached hydrogens (tertiary/aromatic N) is 2. The van der Waals surface area contributed by atoms with Crippen molar-refractivity contribution in [1.82, 2.24) is 10.1 Å². The van der Waals surface area contributed by atoms with Crippen LogP contribution in [-0.4, -0.2) is 36.2 Å². The fourth-order valence-electron chi connectivity index (χ4n) is 1.75. The van der Waals surface area contributed by atoms with E-state index in [1.54, 1.807) is 31.3 Å². The van der Waals surface area contributed by atoms with Gasteiger partial charge in [0.25, 0.3) is 5.91 Å². The molecule has 0 unspecified atom stereocenters. The highest BCUT2D eigenvalue weighted by molar-refractivity contribution is 6.30. The molecule has 1 amide bonds. The predicted molar refractivity (Wildman–Crippen MR) is 78.3 cm³/mol. The van der Waals surface area contributed by atoms with Crippen LogP contribution < -0.4 is 10.5 Å². The number of hydrogen-bond acceptors (Lipinski definition) is 5.